The van der Waals surface area contributed by atoms with Crippen LogP contribution in [0.1, 0.15) is 18.7 Å². The summed E-state index contributed by atoms with van der Waals surface area (Å²) in [6, 6.07) is -0.147. The van der Waals surface area contributed by atoms with Gasteiger partial charge in [-0.15, -0.1) is 0 Å². The molecule has 0 amide bonds. The molecule has 1 aromatic rings. The molecule has 0 radical (unpaired) electrons. The van der Waals surface area contributed by atoms with Crippen LogP contribution in [0.4, 0.5) is 5.95 Å². The lowest BCUT2D eigenvalue weighted by molar-refractivity contribution is 0.210. The first-order chi connectivity index (χ1) is 8.33. The van der Waals surface area contributed by atoms with Crippen molar-refractivity contribution in [3.8, 4) is 0 Å². The van der Waals surface area contributed by atoms with E-state index in [-0.39, 0.29) is 11.8 Å². The van der Waals surface area contributed by atoms with Gasteiger partial charge >= 0.3 is 0 Å². The lowest BCUT2D eigenvalue weighted by Crippen LogP contribution is -2.19. The van der Waals surface area contributed by atoms with E-state index in [1.54, 1.807) is 7.11 Å². The van der Waals surface area contributed by atoms with E-state index >= 15 is 0 Å². The second-order valence-electron chi connectivity index (χ2n) is 4.47. The molecule has 0 bridgehead atoms. The molecule has 1 heterocycles. The van der Waals surface area contributed by atoms with E-state index in [0.29, 0.717) is 19.1 Å². The van der Waals surface area contributed by atoms with Gasteiger partial charge in [0.1, 0.15) is 9.84 Å². The molecule has 0 aliphatic rings. The normalized spacial score (nSPS) is 13.6. The Morgan fingerprint density at radius 2 is 2.22 bits per heavy atom. The van der Waals surface area contributed by atoms with Crippen LogP contribution in [0.5, 0.6) is 0 Å². The van der Waals surface area contributed by atoms with Crippen molar-refractivity contribution in [1.82, 2.24) is 9.55 Å². The first-order valence-corrected chi connectivity index (χ1v) is 7.85. The first-order valence-electron chi connectivity index (χ1n) is 5.79. The van der Waals surface area contributed by atoms with E-state index in [1.165, 1.54) is 6.26 Å². The lowest BCUT2D eigenvalue weighted by Gasteiger charge is -2.16. The van der Waals surface area contributed by atoms with Gasteiger partial charge < -0.3 is 14.6 Å². The SMILES string of the molecule is COCCNc1nc(C)cn1C(C)CS(C)(=O)=O. The Kier molecular flexibility index (Phi) is 5.15. The highest BCUT2D eigenvalue weighted by Gasteiger charge is 2.16. The maximum absolute atomic E-state index is 11.3. The van der Waals surface area contributed by atoms with Crippen molar-refractivity contribution < 1.29 is 13.2 Å². The fraction of sp³-hybridized carbons (Fsp3) is 0.727. The zero-order chi connectivity index (χ0) is 13.8. The number of imidazole rings is 1. The van der Waals surface area contributed by atoms with Crippen LogP contribution in [-0.2, 0) is 14.6 Å². The van der Waals surface area contributed by atoms with Gasteiger partial charge in [0.25, 0.3) is 0 Å². The third-order valence-corrected chi connectivity index (χ3v) is 3.55. The highest BCUT2D eigenvalue weighted by Crippen LogP contribution is 2.17. The van der Waals surface area contributed by atoms with Gasteiger partial charge in [0.2, 0.25) is 5.95 Å². The number of hydrogen-bond acceptors (Lipinski definition) is 5. The van der Waals surface area contributed by atoms with Crippen LogP contribution in [0.2, 0.25) is 0 Å². The summed E-state index contributed by atoms with van der Waals surface area (Å²) < 4.78 is 29.4. The molecule has 1 atom stereocenters. The van der Waals surface area contributed by atoms with Gasteiger partial charge in [-0.05, 0) is 13.8 Å². The van der Waals surface area contributed by atoms with Gasteiger partial charge in [0.05, 0.1) is 18.1 Å². The molecule has 1 N–H and O–H groups in total. The highest BCUT2D eigenvalue weighted by atomic mass is 32.2. The fourth-order valence-electron chi connectivity index (χ4n) is 1.77. The summed E-state index contributed by atoms with van der Waals surface area (Å²) >= 11 is 0. The molecule has 104 valence electrons. The number of aryl methyl sites for hydroxylation is 1. The van der Waals surface area contributed by atoms with Crippen molar-refractivity contribution in [2.24, 2.45) is 0 Å². The smallest absolute Gasteiger partial charge is 0.203 e. The number of nitrogens with zero attached hydrogens (tertiary/aromatic N) is 2. The molecule has 6 nitrogen and oxygen atoms in total. The molecule has 7 heteroatoms. The van der Waals surface area contributed by atoms with E-state index in [1.807, 2.05) is 24.6 Å². The fourth-order valence-corrected chi connectivity index (χ4v) is 2.80. The predicted octanol–water partition coefficient (Wildman–Crippen LogP) is 0.855. The number of aromatic nitrogens is 2. The number of ether oxygens (including phenoxy) is 1. The molecule has 0 saturated carbocycles. The van der Waals surface area contributed by atoms with Crippen LogP contribution in [0.25, 0.3) is 0 Å². The number of hydrogen-bond donors (Lipinski definition) is 1. The minimum Gasteiger partial charge on any atom is -0.383 e. The number of nitrogens with one attached hydrogen (secondary N) is 1. The van der Waals surface area contributed by atoms with Gasteiger partial charge in [-0.25, -0.2) is 13.4 Å². The standard InChI is InChI=1S/C11H21N3O3S/c1-9-7-14(10(2)8-18(4,15)16)11(13-9)12-5-6-17-3/h7,10H,5-6,8H2,1-4H3,(H,12,13). The lowest BCUT2D eigenvalue weighted by atomic mass is 10.4. The van der Waals surface area contributed by atoms with Crippen LogP contribution in [0.15, 0.2) is 6.20 Å². The number of rotatable bonds is 7. The largest absolute Gasteiger partial charge is 0.383 e. The minimum atomic E-state index is -3.01. The van der Waals surface area contributed by atoms with E-state index in [2.05, 4.69) is 10.3 Å². The summed E-state index contributed by atoms with van der Waals surface area (Å²) in [7, 11) is -1.37. The van der Waals surface area contributed by atoms with Crippen molar-refractivity contribution in [3.63, 3.8) is 0 Å². The van der Waals surface area contributed by atoms with Crippen LogP contribution >= 0.6 is 0 Å². The molecule has 0 spiro atoms. The van der Waals surface area contributed by atoms with Crippen molar-refractivity contribution in [3.05, 3.63) is 11.9 Å². The maximum atomic E-state index is 11.3. The average Bonchev–Trinajstić information content (AvgIpc) is 2.58. The molecular formula is C11H21N3O3S. The second-order valence-corrected chi connectivity index (χ2v) is 6.66. The Morgan fingerprint density at radius 1 is 1.56 bits per heavy atom. The minimum absolute atomic E-state index is 0.0990. The summed E-state index contributed by atoms with van der Waals surface area (Å²) in [6.45, 7) is 4.96. The third kappa shape index (κ3) is 4.66. The summed E-state index contributed by atoms with van der Waals surface area (Å²) in [4.78, 5) is 4.34. The van der Waals surface area contributed by atoms with E-state index in [4.69, 9.17) is 4.74 Å². The van der Waals surface area contributed by atoms with Crippen molar-refractivity contribution in [2.75, 3.05) is 37.6 Å². The molecule has 0 aliphatic heterocycles. The molecule has 0 aromatic carbocycles. The molecule has 0 saturated heterocycles. The predicted molar refractivity (Wildman–Crippen MR) is 71.8 cm³/mol. The highest BCUT2D eigenvalue weighted by molar-refractivity contribution is 7.90. The number of anilines is 1. The molecular weight excluding hydrogens is 254 g/mol. The van der Waals surface area contributed by atoms with Gasteiger partial charge in [0.15, 0.2) is 0 Å². The Morgan fingerprint density at radius 3 is 2.78 bits per heavy atom. The van der Waals surface area contributed by atoms with Crippen LogP contribution in [-0.4, -0.2) is 50.2 Å². The van der Waals surface area contributed by atoms with Crippen molar-refractivity contribution in [1.29, 1.82) is 0 Å². The monoisotopic (exact) mass is 275 g/mol. The summed E-state index contributed by atoms with van der Waals surface area (Å²) in [5.74, 6) is 0.780. The topological polar surface area (TPSA) is 73.2 Å². The second kappa shape index (κ2) is 6.19. The molecule has 18 heavy (non-hydrogen) atoms. The van der Waals surface area contributed by atoms with Crippen molar-refractivity contribution in [2.45, 2.75) is 19.9 Å². The van der Waals surface area contributed by atoms with E-state index < -0.39 is 9.84 Å². The zero-order valence-electron chi connectivity index (χ0n) is 11.3. The van der Waals surface area contributed by atoms with Crippen LogP contribution < -0.4 is 5.32 Å². The molecule has 1 aromatic heterocycles. The molecule has 1 rings (SSSR count). The van der Waals surface area contributed by atoms with Gasteiger partial charge in [-0.3, -0.25) is 0 Å². The average molecular weight is 275 g/mol. The third-order valence-electron chi connectivity index (χ3n) is 2.46. The molecule has 0 fully saturated rings. The summed E-state index contributed by atoms with van der Waals surface area (Å²) in [6.07, 6.45) is 3.09. The Bertz CT molecular complexity index is 482. The first kappa shape index (κ1) is 15.0. The van der Waals surface area contributed by atoms with Crippen LogP contribution in [0, 0.1) is 6.92 Å². The Hall–Kier alpha value is -1.08. The molecule has 0 aliphatic carbocycles. The zero-order valence-corrected chi connectivity index (χ0v) is 12.1. The Labute approximate surface area is 108 Å². The van der Waals surface area contributed by atoms with Crippen LogP contribution in [0.3, 0.4) is 0 Å². The quantitative estimate of drug-likeness (QED) is 0.747. The van der Waals surface area contributed by atoms with E-state index in [9.17, 15) is 8.42 Å². The Balaban J connectivity index is 2.80. The molecule has 1 unspecified atom stereocenters. The van der Waals surface area contributed by atoms with Gasteiger partial charge in [0, 0.05) is 32.1 Å². The van der Waals surface area contributed by atoms with E-state index in [0.717, 1.165) is 5.69 Å². The van der Waals surface area contributed by atoms with Gasteiger partial charge in [-0.2, -0.15) is 0 Å². The van der Waals surface area contributed by atoms with Crippen molar-refractivity contribution >= 4 is 15.8 Å². The number of sulfone groups is 1. The maximum Gasteiger partial charge on any atom is 0.203 e. The summed E-state index contributed by atoms with van der Waals surface area (Å²) in [5.41, 5.74) is 0.857. The number of methoxy groups -OCH3 is 1. The summed E-state index contributed by atoms with van der Waals surface area (Å²) in [5, 5.41) is 3.13. The van der Waals surface area contributed by atoms with Gasteiger partial charge in [-0.1, -0.05) is 0 Å².